The maximum atomic E-state index is 5.48. The van der Waals surface area contributed by atoms with Gasteiger partial charge >= 0.3 is 0 Å². The van der Waals surface area contributed by atoms with Crippen molar-refractivity contribution in [3.8, 4) is 11.5 Å². The zero-order chi connectivity index (χ0) is 13.8. The topological polar surface area (TPSA) is 59.8 Å². The Morgan fingerprint density at radius 3 is 2.95 bits per heavy atom. The second kappa shape index (κ2) is 5.56. The van der Waals surface area contributed by atoms with Crippen LogP contribution in [0.25, 0.3) is 0 Å². The van der Waals surface area contributed by atoms with Gasteiger partial charge in [-0.2, -0.15) is 0 Å². The molecule has 0 saturated carbocycles. The number of benzene rings is 1. The zero-order valence-electron chi connectivity index (χ0n) is 11.1. The molecule has 0 saturated heterocycles. The summed E-state index contributed by atoms with van der Waals surface area (Å²) in [7, 11) is 1.94. The zero-order valence-corrected chi connectivity index (χ0v) is 11.1. The number of hydrogen-bond acceptors (Lipinski definition) is 5. The molecule has 5 nitrogen and oxygen atoms in total. The number of nitrogens with one attached hydrogen (secondary N) is 1. The van der Waals surface area contributed by atoms with Crippen LogP contribution in [-0.4, -0.2) is 25.3 Å². The SMILES string of the molecule is C=C(N)NC(=C)N(C)CCc1cccc2c1OCO2. The van der Waals surface area contributed by atoms with E-state index in [1.54, 1.807) is 0 Å². The van der Waals surface area contributed by atoms with Crippen molar-refractivity contribution in [1.29, 1.82) is 0 Å². The van der Waals surface area contributed by atoms with E-state index in [4.69, 9.17) is 15.2 Å². The molecule has 0 unspecified atom stereocenters. The number of nitrogens with zero attached hydrogens (tertiary/aromatic N) is 1. The number of ether oxygens (including phenoxy) is 2. The van der Waals surface area contributed by atoms with E-state index < -0.39 is 0 Å². The van der Waals surface area contributed by atoms with Crippen LogP contribution in [0.5, 0.6) is 11.5 Å². The van der Waals surface area contributed by atoms with Crippen molar-refractivity contribution in [2.24, 2.45) is 5.73 Å². The molecule has 0 aliphatic carbocycles. The van der Waals surface area contributed by atoms with Crippen LogP contribution in [0.2, 0.25) is 0 Å². The molecule has 0 fully saturated rings. The van der Waals surface area contributed by atoms with Gasteiger partial charge in [0.1, 0.15) is 0 Å². The predicted molar refractivity (Wildman–Crippen MR) is 74.5 cm³/mol. The molecule has 1 heterocycles. The third-order valence-corrected chi connectivity index (χ3v) is 2.96. The lowest BCUT2D eigenvalue weighted by atomic mass is 10.1. The molecule has 0 aromatic heterocycles. The van der Waals surface area contributed by atoms with Crippen molar-refractivity contribution in [3.05, 3.63) is 48.6 Å². The molecule has 2 rings (SSSR count). The lowest BCUT2D eigenvalue weighted by Crippen LogP contribution is -2.31. The fourth-order valence-corrected chi connectivity index (χ4v) is 1.89. The van der Waals surface area contributed by atoms with Gasteiger partial charge < -0.3 is 25.4 Å². The summed E-state index contributed by atoms with van der Waals surface area (Å²) in [5.74, 6) is 2.76. The highest BCUT2D eigenvalue weighted by atomic mass is 16.7. The average molecular weight is 261 g/mol. The van der Waals surface area contributed by atoms with Crippen LogP contribution in [0.15, 0.2) is 43.0 Å². The van der Waals surface area contributed by atoms with Gasteiger partial charge in [-0.3, -0.25) is 0 Å². The van der Waals surface area contributed by atoms with Gasteiger partial charge in [-0.05, 0) is 18.1 Å². The molecule has 102 valence electrons. The number of para-hydroxylation sites is 1. The number of nitrogens with two attached hydrogens (primary N) is 1. The Balaban J connectivity index is 1.94. The maximum absolute atomic E-state index is 5.48. The summed E-state index contributed by atoms with van der Waals surface area (Å²) in [4.78, 5) is 1.98. The molecule has 0 bridgehead atoms. The highest BCUT2D eigenvalue weighted by Gasteiger charge is 2.17. The van der Waals surface area contributed by atoms with Gasteiger partial charge in [-0.25, -0.2) is 0 Å². The van der Waals surface area contributed by atoms with Gasteiger partial charge in [0, 0.05) is 13.6 Å². The Morgan fingerprint density at radius 1 is 1.42 bits per heavy atom. The van der Waals surface area contributed by atoms with E-state index >= 15 is 0 Å². The molecule has 1 aliphatic rings. The average Bonchev–Trinajstić information content (AvgIpc) is 2.83. The van der Waals surface area contributed by atoms with Gasteiger partial charge in [0.15, 0.2) is 11.5 Å². The Morgan fingerprint density at radius 2 is 2.21 bits per heavy atom. The Hall–Kier alpha value is -2.30. The Labute approximate surface area is 113 Å². The highest BCUT2D eigenvalue weighted by molar-refractivity contribution is 5.48. The first-order valence-corrected chi connectivity index (χ1v) is 6.07. The molecule has 3 N–H and O–H groups in total. The molecule has 0 radical (unpaired) electrons. The first-order valence-electron chi connectivity index (χ1n) is 6.07. The summed E-state index contributed by atoms with van der Waals surface area (Å²) >= 11 is 0. The normalized spacial score (nSPS) is 12.1. The van der Waals surface area contributed by atoms with E-state index in [0.717, 1.165) is 35.8 Å². The van der Waals surface area contributed by atoms with E-state index in [2.05, 4.69) is 18.5 Å². The minimum atomic E-state index is 0.295. The summed E-state index contributed by atoms with van der Waals surface area (Å²) in [6, 6.07) is 5.92. The second-order valence-electron chi connectivity index (χ2n) is 4.42. The van der Waals surface area contributed by atoms with E-state index in [-0.39, 0.29) is 0 Å². The number of fused-ring (bicyclic) bond motifs is 1. The molecule has 0 spiro atoms. The van der Waals surface area contributed by atoms with Gasteiger partial charge in [0.25, 0.3) is 0 Å². The first-order chi connectivity index (χ1) is 9.08. The summed E-state index contributed by atoms with van der Waals surface area (Å²) in [5.41, 5.74) is 6.61. The van der Waals surface area contributed by atoms with Crippen LogP contribution in [0, 0.1) is 0 Å². The van der Waals surface area contributed by atoms with Crippen molar-refractivity contribution >= 4 is 0 Å². The quantitative estimate of drug-likeness (QED) is 0.810. The molecule has 0 atom stereocenters. The third-order valence-electron chi connectivity index (χ3n) is 2.96. The lowest BCUT2D eigenvalue weighted by molar-refractivity contribution is 0.173. The summed E-state index contributed by atoms with van der Waals surface area (Å²) in [6.07, 6.45) is 0.834. The fraction of sp³-hybridized carbons (Fsp3) is 0.286. The summed E-state index contributed by atoms with van der Waals surface area (Å²) < 4.78 is 10.8. The monoisotopic (exact) mass is 261 g/mol. The van der Waals surface area contributed by atoms with Crippen LogP contribution in [0.3, 0.4) is 0 Å². The summed E-state index contributed by atoms with van der Waals surface area (Å²) in [5, 5.41) is 2.89. The van der Waals surface area contributed by atoms with E-state index in [0.29, 0.717) is 12.6 Å². The molecule has 0 amide bonds. The van der Waals surface area contributed by atoms with Crippen LogP contribution in [0.1, 0.15) is 5.56 Å². The van der Waals surface area contributed by atoms with Crippen molar-refractivity contribution < 1.29 is 9.47 Å². The van der Waals surface area contributed by atoms with E-state index in [9.17, 15) is 0 Å². The van der Waals surface area contributed by atoms with E-state index in [1.165, 1.54) is 0 Å². The van der Waals surface area contributed by atoms with Gasteiger partial charge in [-0.15, -0.1) is 0 Å². The Bertz CT molecular complexity index is 499. The van der Waals surface area contributed by atoms with Crippen molar-refractivity contribution in [1.82, 2.24) is 10.2 Å². The van der Waals surface area contributed by atoms with Gasteiger partial charge in [0.2, 0.25) is 6.79 Å². The molecular formula is C14H19N3O2. The fourth-order valence-electron chi connectivity index (χ4n) is 1.89. The van der Waals surface area contributed by atoms with Gasteiger partial charge in [0.05, 0.1) is 11.6 Å². The number of rotatable bonds is 6. The number of hydrogen-bond donors (Lipinski definition) is 2. The molecule has 19 heavy (non-hydrogen) atoms. The minimum absolute atomic E-state index is 0.295. The molecule has 1 aliphatic heterocycles. The molecule has 1 aromatic rings. The van der Waals surface area contributed by atoms with Crippen LogP contribution >= 0.6 is 0 Å². The highest BCUT2D eigenvalue weighted by Crippen LogP contribution is 2.35. The van der Waals surface area contributed by atoms with Crippen LogP contribution in [-0.2, 0) is 6.42 Å². The van der Waals surface area contributed by atoms with E-state index in [1.807, 2.05) is 30.1 Å². The smallest absolute Gasteiger partial charge is 0.231 e. The minimum Gasteiger partial charge on any atom is -0.454 e. The second-order valence-corrected chi connectivity index (χ2v) is 4.42. The standard InChI is InChI=1S/C14H19N3O2/c1-10(15)16-11(2)17(3)8-7-12-5-4-6-13-14(12)19-9-18-13/h4-6,16H,1-2,7-9,15H2,3H3. The first kappa shape index (κ1) is 13.1. The maximum Gasteiger partial charge on any atom is 0.231 e. The van der Waals surface area contributed by atoms with Crippen LogP contribution < -0.4 is 20.5 Å². The number of likely N-dealkylation sites (N-methyl/N-ethyl adjacent to an activating group) is 1. The van der Waals surface area contributed by atoms with Crippen LogP contribution in [0.4, 0.5) is 0 Å². The lowest BCUT2D eigenvalue weighted by Gasteiger charge is -2.22. The largest absolute Gasteiger partial charge is 0.454 e. The van der Waals surface area contributed by atoms with Gasteiger partial charge in [-0.1, -0.05) is 25.3 Å². The molecule has 5 heteroatoms. The summed E-state index contributed by atoms with van der Waals surface area (Å²) in [6.45, 7) is 8.57. The van der Waals surface area contributed by atoms with Crippen molar-refractivity contribution in [3.63, 3.8) is 0 Å². The van der Waals surface area contributed by atoms with Crippen molar-refractivity contribution in [2.45, 2.75) is 6.42 Å². The Kier molecular flexibility index (Phi) is 3.85. The molecular weight excluding hydrogens is 242 g/mol. The predicted octanol–water partition coefficient (Wildman–Crippen LogP) is 1.38. The van der Waals surface area contributed by atoms with Crippen molar-refractivity contribution in [2.75, 3.05) is 20.4 Å². The molecule has 1 aromatic carbocycles. The third kappa shape index (κ3) is 3.13.